The zero-order chi connectivity index (χ0) is 22.8. The molecule has 3 rings (SSSR count). The van der Waals surface area contributed by atoms with Gasteiger partial charge in [0.05, 0.1) is 29.8 Å². The highest BCUT2D eigenvalue weighted by molar-refractivity contribution is 5.90. The van der Waals surface area contributed by atoms with Crippen molar-refractivity contribution in [1.29, 1.82) is 0 Å². The topological polar surface area (TPSA) is 67.4 Å². The molecule has 0 saturated carbocycles. The number of ether oxygens (including phenoxy) is 1. The van der Waals surface area contributed by atoms with Crippen molar-refractivity contribution in [2.24, 2.45) is 5.41 Å². The lowest BCUT2D eigenvalue weighted by Gasteiger charge is -2.31. The van der Waals surface area contributed by atoms with Crippen LogP contribution in [0, 0.1) is 11.2 Å². The number of aryl methyl sites for hydroxylation is 1. The van der Waals surface area contributed by atoms with Crippen LogP contribution in [0.3, 0.4) is 0 Å². The summed E-state index contributed by atoms with van der Waals surface area (Å²) in [6.07, 6.45) is -2.16. The third-order valence-electron chi connectivity index (χ3n) is 4.55. The SMILES string of the molecule is CC(C)(C)CC(=O)Nc1nc2c(cc1F)N(Cc1ccc(OC(F)(F)F)cn1)CCC2. The molecule has 0 bridgehead atoms. The first-order valence-electron chi connectivity index (χ1n) is 9.84. The van der Waals surface area contributed by atoms with Gasteiger partial charge in [-0.05, 0) is 30.4 Å². The predicted octanol–water partition coefficient (Wildman–Crippen LogP) is 4.84. The number of halogens is 4. The van der Waals surface area contributed by atoms with Gasteiger partial charge in [-0.25, -0.2) is 9.37 Å². The van der Waals surface area contributed by atoms with Gasteiger partial charge in [0.1, 0.15) is 5.75 Å². The molecular weight excluding hydrogens is 416 g/mol. The number of fused-ring (bicyclic) bond motifs is 1. The first-order chi connectivity index (χ1) is 14.4. The lowest BCUT2D eigenvalue weighted by atomic mass is 9.92. The maximum Gasteiger partial charge on any atom is 0.573 e. The van der Waals surface area contributed by atoms with Crippen molar-refractivity contribution in [1.82, 2.24) is 9.97 Å². The molecule has 1 aliphatic rings. The van der Waals surface area contributed by atoms with Gasteiger partial charge in [0, 0.05) is 19.0 Å². The van der Waals surface area contributed by atoms with E-state index < -0.39 is 17.9 Å². The Balaban J connectivity index is 1.74. The zero-order valence-corrected chi connectivity index (χ0v) is 17.5. The van der Waals surface area contributed by atoms with Gasteiger partial charge in [-0.3, -0.25) is 9.78 Å². The first-order valence-corrected chi connectivity index (χ1v) is 9.84. The van der Waals surface area contributed by atoms with E-state index in [1.54, 1.807) is 0 Å². The molecule has 0 fully saturated rings. The molecule has 0 spiro atoms. The van der Waals surface area contributed by atoms with Gasteiger partial charge in [0.25, 0.3) is 0 Å². The second kappa shape index (κ2) is 8.68. The Hall–Kier alpha value is -2.91. The molecular formula is C21H24F4N4O2. The lowest BCUT2D eigenvalue weighted by molar-refractivity contribution is -0.274. The molecule has 10 heteroatoms. The maximum absolute atomic E-state index is 14.7. The molecule has 0 radical (unpaired) electrons. The van der Waals surface area contributed by atoms with E-state index in [9.17, 15) is 22.4 Å². The molecule has 6 nitrogen and oxygen atoms in total. The molecule has 1 N–H and O–H groups in total. The summed E-state index contributed by atoms with van der Waals surface area (Å²) in [5, 5.41) is 2.54. The number of alkyl halides is 3. The summed E-state index contributed by atoms with van der Waals surface area (Å²) in [5.74, 6) is -1.45. The van der Waals surface area contributed by atoms with Crippen LogP contribution < -0.4 is 15.0 Å². The summed E-state index contributed by atoms with van der Waals surface area (Å²) in [4.78, 5) is 22.3. The number of aromatic nitrogens is 2. The zero-order valence-electron chi connectivity index (χ0n) is 17.5. The molecule has 1 aliphatic heterocycles. The van der Waals surface area contributed by atoms with E-state index in [2.05, 4.69) is 20.0 Å². The quantitative estimate of drug-likeness (QED) is 0.674. The van der Waals surface area contributed by atoms with Crippen molar-refractivity contribution in [2.75, 3.05) is 16.8 Å². The van der Waals surface area contributed by atoms with E-state index >= 15 is 0 Å². The molecule has 168 valence electrons. The molecule has 0 atom stereocenters. The minimum absolute atomic E-state index is 0.0957. The van der Waals surface area contributed by atoms with Crippen LogP contribution in [0.1, 0.15) is 45.0 Å². The molecule has 1 amide bonds. The fourth-order valence-corrected chi connectivity index (χ4v) is 3.34. The number of rotatable bonds is 5. The van der Waals surface area contributed by atoms with Gasteiger partial charge in [0.15, 0.2) is 11.6 Å². The van der Waals surface area contributed by atoms with Crippen molar-refractivity contribution in [3.05, 3.63) is 41.6 Å². The molecule has 0 aliphatic carbocycles. The second-order valence-electron chi connectivity index (χ2n) is 8.63. The van der Waals surface area contributed by atoms with Crippen molar-refractivity contribution < 1.29 is 27.1 Å². The van der Waals surface area contributed by atoms with Crippen LogP contribution >= 0.6 is 0 Å². The highest BCUT2D eigenvalue weighted by Crippen LogP contribution is 2.31. The molecule has 0 saturated heterocycles. The number of carbonyl (C=O) groups excluding carboxylic acids is 1. The first kappa shape index (κ1) is 22.8. The molecule has 3 heterocycles. The molecule has 0 aromatic carbocycles. The van der Waals surface area contributed by atoms with Crippen LogP contribution in [0.25, 0.3) is 0 Å². The third kappa shape index (κ3) is 6.53. The number of carbonyl (C=O) groups is 1. The summed E-state index contributed by atoms with van der Waals surface area (Å²) in [5.41, 5.74) is 1.50. The average Bonchev–Trinajstić information content (AvgIpc) is 2.62. The molecule has 31 heavy (non-hydrogen) atoms. The Morgan fingerprint density at radius 2 is 2.00 bits per heavy atom. The Labute approximate surface area is 177 Å². The van der Waals surface area contributed by atoms with Crippen LogP contribution in [-0.4, -0.2) is 28.8 Å². The van der Waals surface area contributed by atoms with E-state index in [1.807, 2.05) is 25.7 Å². The monoisotopic (exact) mass is 440 g/mol. The normalized spacial score (nSPS) is 14.2. The average molecular weight is 440 g/mol. The van der Waals surface area contributed by atoms with Gasteiger partial charge in [-0.15, -0.1) is 13.2 Å². The van der Waals surface area contributed by atoms with Crippen molar-refractivity contribution in [2.45, 2.75) is 52.9 Å². The van der Waals surface area contributed by atoms with E-state index in [4.69, 9.17) is 0 Å². The summed E-state index contributed by atoms with van der Waals surface area (Å²) >= 11 is 0. The minimum Gasteiger partial charge on any atom is -0.404 e. The molecule has 0 unspecified atom stereocenters. The van der Waals surface area contributed by atoms with Gasteiger partial charge in [-0.2, -0.15) is 0 Å². The number of hydrogen-bond acceptors (Lipinski definition) is 5. The summed E-state index contributed by atoms with van der Waals surface area (Å²) in [6, 6.07) is 3.95. The van der Waals surface area contributed by atoms with E-state index in [0.29, 0.717) is 30.0 Å². The fraction of sp³-hybridized carbons (Fsp3) is 0.476. The smallest absolute Gasteiger partial charge is 0.404 e. The lowest BCUT2D eigenvalue weighted by Crippen LogP contribution is -2.30. The van der Waals surface area contributed by atoms with Crippen molar-refractivity contribution in [3.63, 3.8) is 0 Å². The van der Waals surface area contributed by atoms with Crippen molar-refractivity contribution in [3.8, 4) is 5.75 Å². The maximum atomic E-state index is 14.7. The molecule has 2 aromatic rings. The van der Waals surface area contributed by atoms with Crippen LogP contribution in [0.5, 0.6) is 5.75 Å². The second-order valence-corrected chi connectivity index (χ2v) is 8.63. The van der Waals surface area contributed by atoms with Gasteiger partial charge >= 0.3 is 6.36 Å². The third-order valence-corrected chi connectivity index (χ3v) is 4.55. The standard InChI is InChI=1S/C21H24F4N4O2/c1-20(2,3)10-18(30)28-19-15(22)9-17-16(27-19)5-4-8-29(17)12-13-6-7-14(11-26-13)31-21(23,24)25/h6-7,9,11H,4-5,8,10,12H2,1-3H3,(H,27,28,30). The number of amides is 1. The summed E-state index contributed by atoms with van der Waals surface area (Å²) in [7, 11) is 0. The Morgan fingerprint density at radius 1 is 1.26 bits per heavy atom. The number of nitrogens with one attached hydrogen (secondary N) is 1. The van der Waals surface area contributed by atoms with Gasteiger partial charge < -0.3 is 15.0 Å². The Kier molecular flexibility index (Phi) is 6.38. The van der Waals surface area contributed by atoms with E-state index in [0.717, 1.165) is 12.6 Å². The Morgan fingerprint density at radius 3 is 2.61 bits per heavy atom. The van der Waals surface area contributed by atoms with Crippen LogP contribution in [0.2, 0.25) is 0 Å². The summed E-state index contributed by atoms with van der Waals surface area (Å²) in [6.45, 7) is 6.63. The highest BCUT2D eigenvalue weighted by Gasteiger charge is 2.31. The van der Waals surface area contributed by atoms with Crippen LogP contribution in [0.15, 0.2) is 24.4 Å². The number of hydrogen-bond donors (Lipinski definition) is 1. The van der Waals surface area contributed by atoms with E-state index in [1.165, 1.54) is 18.2 Å². The molecule has 2 aromatic heterocycles. The Bertz CT molecular complexity index is 940. The van der Waals surface area contributed by atoms with Gasteiger partial charge in [0.2, 0.25) is 5.91 Å². The summed E-state index contributed by atoms with van der Waals surface area (Å²) < 4.78 is 55.3. The fourth-order valence-electron chi connectivity index (χ4n) is 3.34. The highest BCUT2D eigenvalue weighted by atomic mass is 19.4. The van der Waals surface area contributed by atoms with Crippen LogP contribution in [-0.2, 0) is 17.8 Å². The minimum atomic E-state index is -4.78. The largest absolute Gasteiger partial charge is 0.573 e. The van der Waals surface area contributed by atoms with E-state index in [-0.39, 0.29) is 30.1 Å². The van der Waals surface area contributed by atoms with Crippen molar-refractivity contribution >= 4 is 17.4 Å². The predicted molar refractivity (Wildman–Crippen MR) is 107 cm³/mol. The number of nitrogens with zero attached hydrogens (tertiary/aromatic N) is 3. The van der Waals surface area contributed by atoms with Gasteiger partial charge in [-0.1, -0.05) is 20.8 Å². The van der Waals surface area contributed by atoms with Crippen LogP contribution in [0.4, 0.5) is 29.1 Å². The number of anilines is 2. The number of pyridine rings is 2.